The number of hydrogen-bond acceptors (Lipinski definition) is 1. The van der Waals surface area contributed by atoms with Crippen molar-refractivity contribution in [2.24, 2.45) is 11.8 Å². The Morgan fingerprint density at radius 3 is 2.69 bits per heavy atom. The summed E-state index contributed by atoms with van der Waals surface area (Å²) < 4.78 is 0. The molecule has 1 nitrogen and oxygen atoms in total. The van der Waals surface area contributed by atoms with Crippen LogP contribution in [0.5, 0.6) is 0 Å². The van der Waals surface area contributed by atoms with Crippen LogP contribution in [-0.2, 0) is 0 Å². The molecule has 1 fully saturated rings. The van der Waals surface area contributed by atoms with E-state index in [1.165, 1.54) is 12.8 Å². The molecule has 1 rings (SSSR count). The van der Waals surface area contributed by atoms with Crippen LogP contribution < -0.4 is 5.32 Å². The van der Waals surface area contributed by atoms with E-state index in [2.05, 4.69) is 31.0 Å². The second kappa shape index (κ2) is 5.29. The second-order valence-corrected chi connectivity index (χ2v) is 4.07. The Morgan fingerprint density at radius 2 is 2.23 bits per heavy atom. The van der Waals surface area contributed by atoms with E-state index in [1.54, 1.807) is 0 Å². The molecule has 74 valence electrons. The summed E-state index contributed by atoms with van der Waals surface area (Å²) in [6.07, 6.45) is 3.65. The smallest absolute Gasteiger partial charge is 0.0246 e. The number of rotatable bonds is 5. The number of hydrogen-bond donors (Lipinski definition) is 1. The summed E-state index contributed by atoms with van der Waals surface area (Å²) in [5.41, 5.74) is 0. The molecule has 0 bridgehead atoms. The Morgan fingerprint density at radius 1 is 1.54 bits per heavy atom. The first-order valence-corrected chi connectivity index (χ1v) is 5.42. The minimum atomic E-state index is 0.655. The van der Waals surface area contributed by atoms with Crippen molar-refractivity contribution in [3.05, 3.63) is 0 Å². The van der Waals surface area contributed by atoms with Crippen molar-refractivity contribution >= 4 is 0 Å². The van der Waals surface area contributed by atoms with Gasteiger partial charge in [-0.2, -0.15) is 0 Å². The summed E-state index contributed by atoms with van der Waals surface area (Å²) in [6.45, 7) is 7.61. The molecule has 0 aromatic carbocycles. The lowest BCUT2D eigenvalue weighted by Crippen LogP contribution is -2.31. The molecule has 3 atom stereocenters. The minimum Gasteiger partial charge on any atom is -0.313 e. The molecule has 0 spiro atoms. The Bertz CT molecular complexity index is 199. The lowest BCUT2D eigenvalue weighted by Gasteiger charge is -2.15. The molecule has 1 N–H and O–H groups in total. The van der Waals surface area contributed by atoms with Crippen molar-refractivity contribution in [1.82, 2.24) is 5.32 Å². The monoisotopic (exact) mass is 179 g/mol. The number of nitrogens with one attached hydrogen (secondary N) is 1. The van der Waals surface area contributed by atoms with Crippen LogP contribution in [0.15, 0.2) is 0 Å². The third-order valence-electron chi connectivity index (χ3n) is 2.84. The minimum absolute atomic E-state index is 0.655. The summed E-state index contributed by atoms with van der Waals surface area (Å²) in [5, 5.41) is 3.59. The van der Waals surface area contributed by atoms with Gasteiger partial charge in [0.05, 0.1) is 0 Å². The quantitative estimate of drug-likeness (QED) is 0.639. The highest BCUT2D eigenvalue weighted by Gasteiger charge is 2.38. The highest BCUT2D eigenvalue weighted by Crippen LogP contribution is 2.41. The van der Waals surface area contributed by atoms with Crippen molar-refractivity contribution in [2.75, 3.05) is 6.54 Å². The Labute approximate surface area is 82.3 Å². The zero-order chi connectivity index (χ0) is 9.68. The van der Waals surface area contributed by atoms with Crippen LogP contribution >= 0.6 is 0 Å². The summed E-state index contributed by atoms with van der Waals surface area (Å²) in [6, 6.07) is 0.655. The Kier molecular flexibility index (Phi) is 4.32. The van der Waals surface area contributed by atoms with Gasteiger partial charge < -0.3 is 5.32 Å². The van der Waals surface area contributed by atoms with E-state index < -0.39 is 0 Å². The van der Waals surface area contributed by atoms with E-state index in [-0.39, 0.29) is 0 Å². The lowest BCUT2D eigenvalue weighted by molar-refractivity contribution is 0.454. The lowest BCUT2D eigenvalue weighted by atomic mass is 10.1. The Hall–Kier alpha value is -0.480. The predicted octanol–water partition coefficient (Wildman–Crippen LogP) is 2.42. The molecule has 1 heteroatoms. The normalized spacial score (nSPS) is 27.6. The highest BCUT2D eigenvalue weighted by atomic mass is 14.9. The van der Waals surface area contributed by atoms with E-state index in [4.69, 9.17) is 0 Å². The molecule has 1 saturated carbocycles. The zero-order valence-electron chi connectivity index (χ0n) is 9.06. The third-order valence-corrected chi connectivity index (χ3v) is 2.84. The summed E-state index contributed by atoms with van der Waals surface area (Å²) in [4.78, 5) is 0. The van der Waals surface area contributed by atoms with Crippen LogP contribution in [0, 0.1) is 23.7 Å². The van der Waals surface area contributed by atoms with Gasteiger partial charge in [0.15, 0.2) is 0 Å². The molecule has 0 amide bonds. The second-order valence-electron chi connectivity index (χ2n) is 4.07. The molecule has 1 aliphatic carbocycles. The largest absolute Gasteiger partial charge is 0.313 e. The maximum absolute atomic E-state index is 3.59. The van der Waals surface area contributed by atoms with Crippen LogP contribution in [0.25, 0.3) is 0 Å². The van der Waals surface area contributed by atoms with Crippen molar-refractivity contribution in [2.45, 2.75) is 46.1 Å². The molecule has 0 aromatic rings. The van der Waals surface area contributed by atoms with Crippen molar-refractivity contribution < 1.29 is 0 Å². The highest BCUT2D eigenvalue weighted by molar-refractivity contribution is 5.03. The van der Waals surface area contributed by atoms with Gasteiger partial charge in [-0.3, -0.25) is 0 Å². The molecule has 0 aliphatic heterocycles. The standard InChI is InChI=1S/C12H21N/c1-4-6-7-12(13-8-5-2)11-9-10(11)3/h10-13H,5,7-9H2,1-3H3. The van der Waals surface area contributed by atoms with Crippen LogP contribution in [-0.4, -0.2) is 12.6 Å². The van der Waals surface area contributed by atoms with Gasteiger partial charge in [0.1, 0.15) is 0 Å². The molecule has 13 heavy (non-hydrogen) atoms. The van der Waals surface area contributed by atoms with Gasteiger partial charge in [0, 0.05) is 12.5 Å². The van der Waals surface area contributed by atoms with Gasteiger partial charge in [0.25, 0.3) is 0 Å². The summed E-state index contributed by atoms with van der Waals surface area (Å²) in [7, 11) is 0. The van der Waals surface area contributed by atoms with E-state index in [0.29, 0.717) is 6.04 Å². The maximum atomic E-state index is 3.59. The third kappa shape index (κ3) is 3.40. The SMILES string of the molecule is CC#CCC(NCCC)C1CC1C. The maximum Gasteiger partial charge on any atom is 0.0246 e. The molecule has 0 saturated heterocycles. The van der Waals surface area contributed by atoms with E-state index >= 15 is 0 Å². The molecule has 1 aliphatic rings. The fourth-order valence-corrected chi connectivity index (χ4v) is 1.83. The fraction of sp³-hybridized carbons (Fsp3) is 0.833. The molecular formula is C12H21N. The van der Waals surface area contributed by atoms with Gasteiger partial charge in [0.2, 0.25) is 0 Å². The first kappa shape index (κ1) is 10.6. The van der Waals surface area contributed by atoms with E-state index in [9.17, 15) is 0 Å². The van der Waals surface area contributed by atoms with Gasteiger partial charge >= 0.3 is 0 Å². The van der Waals surface area contributed by atoms with Crippen LogP contribution in [0.3, 0.4) is 0 Å². The predicted molar refractivity (Wildman–Crippen MR) is 57.4 cm³/mol. The van der Waals surface area contributed by atoms with Crippen molar-refractivity contribution in [1.29, 1.82) is 0 Å². The van der Waals surface area contributed by atoms with Gasteiger partial charge in [-0.15, -0.1) is 11.8 Å². The first-order chi connectivity index (χ1) is 6.29. The topological polar surface area (TPSA) is 12.0 Å². The summed E-state index contributed by atoms with van der Waals surface area (Å²) in [5.74, 6) is 7.99. The average molecular weight is 179 g/mol. The van der Waals surface area contributed by atoms with Crippen molar-refractivity contribution in [3.63, 3.8) is 0 Å². The van der Waals surface area contributed by atoms with E-state index in [1.807, 2.05) is 6.92 Å². The van der Waals surface area contributed by atoms with Crippen molar-refractivity contribution in [3.8, 4) is 11.8 Å². The Balaban J connectivity index is 2.29. The van der Waals surface area contributed by atoms with Crippen LogP contribution in [0.4, 0.5) is 0 Å². The molecule has 0 aromatic heterocycles. The van der Waals surface area contributed by atoms with Crippen LogP contribution in [0.1, 0.15) is 40.0 Å². The van der Waals surface area contributed by atoms with E-state index in [0.717, 1.165) is 24.8 Å². The molecule has 0 heterocycles. The average Bonchev–Trinajstić information content (AvgIpc) is 2.83. The molecule has 3 unspecified atom stereocenters. The van der Waals surface area contributed by atoms with Gasteiger partial charge in [-0.05, 0) is 38.1 Å². The fourth-order valence-electron chi connectivity index (χ4n) is 1.83. The molecule has 0 radical (unpaired) electrons. The molecular weight excluding hydrogens is 158 g/mol. The zero-order valence-corrected chi connectivity index (χ0v) is 9.06. The van der Waals surface area contributed by atoms with Crippen LogP contribution in [0.2, 0.25) is 0 Å². The summed E-state index contributed by atoms with van der Waals surface area (Å²) >= 11 is 0. The first-order valence-electron chi connectivity index (χ1n) is 5.42. The van der Waals surface area contributed by atoms with Gasteiger partial charge in [-0.1, -0.05) is 13.8 Å². The van der Waals surface area contributed by atoms with Gasteiger partial charge in [-0.25, -0.2) is 0 Å².